The van der Waals surface area contributed by atoms with Crippen LogP contribution in [0, 0.1) is 0 Å². The average Bonchev–Trinajstić information content (AvgIpc) is 2.25. The molecule has 1 atom stereocenters. The van der Waals surface area contributed by atoms with Crippen LogP contribution in [0.2, 0.25) is 0 Å². The van der Waals surface area contributed by atoms with E-state index in [1.807, 2.05) is 50.3 Å². The molecule has 1 unspecified atom stereocenters. The third kappa shape index (κ3) is 4.66. The molecule has 0 heterocycles. The topological polar surface area (TPSA) is 29.5 Å². The van der Waals surface area contributed by atoms with E-state index < -0.39 is 6.10 Å². The summed E-state index contributed by atoms with van der Waals surface area (Å²) in [7, 11) is 0. The predicted octanol–water partition coefficient (Wildman–Crippen LogP) is 3.05. The van der Waals surface area contributed by atoms with Gasteiger partial charge in [0.25, 0.3) is 0 Å². The van der Waals surface area contributed by atoms with Crippen molar-refractivity contribution >= 4 is 0 Å². The van der Waals surface area contributed by atoms with Crippen molar-refractivity contribution in [3.05, 3.63) is 48.2 Å². The zero-order valence-electron chi connectivity index (χ0n) is 9.26. The fourth-order valence-electron chi connectivity index (χ4n) is 1.21. The summed E-state index contributed by atoms with van der Waals surface area (Å²) in [6.07, 6.45) is 3.82. The Hall–Kier alpha value is -1.28. The van der Waals surface area contributed by atoms with Gasteiger partial charge in [-0.3, -0.25) is 0 Å². The molecule has 2 nitrogen and oxygen atoms in total. The largest absolute Gasteiger partial charge is 0.499 e. The van der Waals surface area contributed by atoms with Crippen molar-refractivity contribution in [1.29, 1.82) is 0 Å². The lowest BCUT2D eigenvalue weighted by atomic mass is 10.1. The molecular formula is C13H18O2. The van der Waals surface area contributed by atoms with Crippen molar-refractivity contribution in [2.75, 3.05) is 0 Å². The lowest BCUT2D eigenvalue weighted by Gasteiger charge is -2.08. The summed E-state index contributed by atoms with van der Waals surface area (Å²) in [4.78, 5) is 0. The van der Waals surface area contributed by atoms with E-state index in [0.717, 1.165) is 5.56 Å². The Morgan fingerprint density at radius 2 is 1.93 bits per heavy atom. The highest BCUT2D eigenvalue weighted by Gasteiger charge is 2.03. The molecule has 0 aliphatic heterocycles. The van der Waals surface area contributed by atoms with E-state index in [2.05, 4.69) is 0 Å². The van der Waals surface area contributed by atoms with Gasteiger partial charge in [-0.15, -0.1) is 0 Å². The van der Waals surface area contributed by atoms with Crippen molar-refractivity contribution in [2.45, 2.75) is 32.5 Å². The van der Waals surface area contributed by atoms with Gasteiger partial charge in [0.05, 0.1) is 18.5 Å². The number of ether oxygens (including phenoxy) is 1. The molecule has 0 saturated carbocycles. The molecule has 82 valence electrons. The van der Waals surface area contributed by atoms with Gasteiger partial charge in [-0.25, -0.2) is 0 Å². The van der Waals surface area contributed by atoms with E-state index >= 15 is 0 Å². The van der Waals surface area contributed by atoms with Gasteiger partial charge in [-0.05, 0) is 31.9 Å². The minimum Gasteiger partial charge on any atom is -0.499 e. The van der Waals surface area contributed by atoms with Gasteiger partial charge in [0.1, 0.15) is 0 Å². The number of rotatable bonds is 5. The minimum atomic E-state index is -0.446. The van der Waals surface area contributed by atoms with Crippen LogP contribution in [0.4, 0.5) is 0 Å². The Morgan fingerprint density at radius 1 is 1.27 bits per heavy atom. The molecule has 1 rings (SSSR count). The van der Waals surface area contributed by atoms with Crippen LogP contribution in [0.25, 0.3) is 0 Å². The first-order valence-electron chi connectivity index (χ1n) is 5.23. The maximum Gasteiger partial charge on any atom is 0.0922 e. The molecule has 0 amide bonds. The monoisotopic (exact) mass is 206 g/mol. The lowest BCUT2D eigenvalue weighted by molar-refractivity contribution is 0.166. The molecule has 0 fully saturated rings. The Kier molecular flexibility index (Phi) is 4.91. The highest BCUT2D eigenvalue weighted by Crippen LogP contribution is 2.16. The first-order chi connectivity index (χ1) is 7.20. The van der Waals surface area contributed by atoms with E-state index in [1.54, 1.807) is 6.26 Å². The smallest absolute Gasteiger partial charge is 0.0922 e. The number of aliphatic hydroxyl groups excluding tert-OH is 1. The SMILES string of the molecule is CC(C)O/C=C/CC(O)c1ccccc1. The molecule has 0 saturated heterocycles. The fraction of sp³-hybridized carbons (Fsp3) is 0.385. The highest BCUT2D eigenvalue weighted by molar-refractivity contribution is 5.17. The predicted molar refractivity (Wildman–Crippen MR) is 61.4 cm³/mol. The molecule has 0 spiro atoms. The maximum absolute atomic E-state index is 9.78. The van der Waals surface area contributed by atoms with E-state index in [1.165, 1.54) is 0 Å². The van der Waals surface area contributed by atoms with Crippen LogP contribution in [0.5, 0.6) is 0 Å². The Bertz CT molecular complexity index is 291. The van der Waals surface area contributed by atoms with Crippen LogP contribution in [0.3, 0.4) is 0 Å². The van der Waals surface area contributed by atoms with Gasteiger partial charge < -0.3 is 9.84 Å². The number of aliphatic hydroxyl groups is 1. The Morgan fingerprint density at radius 3 is 2.53 bits per heavy atom. The first-order valence-corrected chi connectivity index (χ1v) is 5.23. The summed E-state index contributed by atoms with van der Waals surface area (Å²) in [5.41, 5.74) is 0.937. The molecule has 1 N–H and O–H groups in total. The summed E-state index contributed by atoms with van der Waals surface area (Å²) in [5.74, 6) is 0. The van der Waals surface area contributed by atoms with Crippen LogP contribution in [0.1, 0.15) is 31.9 Å². The molecule has 1 aromatic rings. The van der Waals surface area contributed by atoms with Gasteiger partial charge >= 0.3 is 0 Å². The van der Waals surface area contributed by atoms with Crippen LogP contribution >= 0.6 is 0 Å². The van der Waals surface area contributed by atoms with Crippen molar-refractivity contribution in [1.82, 2.24) is 0 Å². The fourth-order valence-corrected chi connectivity index (χ4v) is 1.21. The first kappa shape index (κ1) is 11.8. The Labute approximate surface area is 91.2 Å². The maximum atomic E-state index is 9.78. The van der Waals surface area contributed by atoms with Crippen LogP contribution in [-0.2, 0) is 4.74 Å². The molecule has 0 radical (unpaired) electrons. The molecule has 2 heteroatoms. The number of hydrogen-bond acceptors (Lipinski definition) is 2. The van der Waals surface area contributed by atoms with Gasteiger partial charge in [0.15, 0.2) is 0 Å². The Balaban J connectivity index is 2.37. The summed E-state index contributed by atoms with van der Waals surface area (Å²) >= 11 is 0. The summed E-state index contributed by atoms with van der Waals surface area (Å²) in [5, 5.41) is 9.78. The second-order valence-corrected chi connectivity index (χ2v) is 3.72. The second-order valence-electron chi connectivity index (χ2n) is 3.72. The van der Waals surface area contributed by atoms with Crippen LogP contribution < -0.4 is 0 Å². The quantitative estimate of drug-likeness (QED) is 0.750. The van der Waals surface area contributed by atoms with Crippen molar-refractivity contribution in [3.8, 4) is 0 Å². The van der Waals surface area contributed by atoms with E-state index in [0.29, 0.717) is 6.42 Å². The average molecular weight is 206 g/mol. The summed E-state index contributed by atoms with van der Waals surface area (Å²) in [6.45, 7) is 3.94. The molecule has 0 bridgehead atoms. The van der Waals surface area contributed by atoms with Crippen molar-refractivity contribution in [3.63, 3.8) is 0 Å². The summed E-state index contributed by atoms with van der Waals surface area (Å²) < 4.78 is 5.24. The lowest BCUT2D eigenvalue weighted by Crippen LogP contribution is -1.97. The molecule has 0 aliphatic carbocycles. The molecule has 0 aromatic heterocycles. The zero-order chi connectivity index (χ0) is 11.1. The third-order valence-corrected chi connectivity index (χ3v) is 1.99. The second kappa shape index (κ2) is 6.25. The standard InChI is InChI=1S/C13H18O2/c1-11(2)15-10-6-9-13(14)12-7-4-3-5-8-12/h3-8,10-11,13-14H,9H2,1-2H3/b10-6+. The number of hydrogen-bond donors (Lipinski definition) is 1. The van der Waals surface area contributed by atoms with Gasteiger partial charge in [0, 0.05) is 0 Å². The summed E-state index contributed by atoms with van der Waals surface area (Å²) in [6, 6.07) is 9.62. The van der Waals surface area contributed by atoms with Gasteiger partial charge in [-0.1, -0.05) is 30.3 Å². The molecular weight excluding hydrogens is 188 g/mol. The van der Waals surface area contributed by atoms with E-state index in [-0.39, 0.29) is 6.10 Å². The van der Waals surface area contributed by atoms with E-state index in [4.69, 9.17) is 4.74 Å². The van der Waals surface area contributed by atoms with Crippen LogP contribution in [0.15, 0.2) is 42.7 Å². The minimum absolute atomic E-state index is 0.190. The normalized spacial score (nSPS) is 13.3. The molecule has 0 aliphatic rings. The van der Waals surface area contributed by atoms with Crippen molar-refractivity contribution < 1.29 is 9.84 Å². The molecule has 1 aromatic carbocycles. The highest BCUT2D eigenvalue weighted by atomic mass is 16.5. The van der Waals surface area contributed by atoms with Crippen LogP contribution in [-0.4, -0.2) is 11.2 Å². The molecule has 15 heavy (non-hydrogen) atoms. The zero-order valence-corrected chi connectivity index (χ0v) is 9.26. The van der Waals surface area contributed by atoms with Crippen molar-refractivity contribution in [2.24, 2.45) is 0 Å². The van der Waals surface area contributed by atoms with Gasteiger partial charge in [-0.2, -0.15) is 0 Å². The number of benzene rings is 1. The third-order valence-electron chi connectivity index (χ3n) is 1.99. The van der Waals surface area contributed by atoms with Gasteiger partial charge in [0.2, 0.25) is 0 Å². The van der Waals surface area contributed by atoms with E-state index in [9.17, 15) is 5.11 Å².